The second-order valence-electron chi connectivity index (χ2n) is 10.5. The number of amides is 2. The summed E-state index contributed by atoms with van der Waals surface area (Å²) in [7, 11) is -3.90. The summed E-state index contributed by atoms with van der Waals surface area (Å²) in [6.07, 6.45) is 5.51. The molecule has 8 nitrogen and oxygen atoms in total. The van der Waals surface area contributed by atoms with Crippen molar-refractivity contribution >= 4 is 33.2 Å². The van der Waals surface area contributed by atoms with Crippen molar-refractivity contribution < 1.29 is 18.0 Å². The second-order valence-corrected chi connectivity index (χ2v) is 13.1. The molecule has 2 amide bonds. The van der Waals surface area contributed by atoms with Crippen molar-refractivity contribution in [1.29, 1.82) is 0 Å². The van der Waals surface area contributed by atoms with Gasteiger partial charge < -0.3 is 14.7 Å². The molecule has 0 spiro atoms. The van der Waals surface area contributed by atoms with E-state index in [1.54, 1.807) is 29.5 Å². The van der Waals surface area contributed by atoms with E-state index in [0.29, 0.717) is 19.4 Å². The Bertz CT molecular complexity index is 1240. The molecule has 0 saturated carbocycles. The number of aryl methyl sites for hydroxylation is 1. The Morgan fingerprint density at radius 1 is 1.05 bits per heavy atom. The molecule has 2 atom stereocenters. The first kappa shape index (κ1) is 26.3. The van der Waals surface area contributed by atoms with Crippen LogP contribution in [-0.2, 0) is 19.6 Å². The van der Waals surface area contributed by atoms with Gasteiger partial charge in [0.05, 0.1) is 11.4 Å². The molecule has 3 fully saturated rings. The lowest BCUT2D eigenvalue weighted by atomic mass is 10.1. The number of nitrogens with zero attached hydrogens (tertiary/aromatic N) is 3. The maximum Gasteiger partial charge on any atom is 0.242 e. The fraction of sp³-hybridized carbons (Fsp3) is 0.556. The predicted molar refractivity (Wildman–Crippen MR) is 145 cm³/mol. The number of carbonyl (C=O) groups is 2. The van der Waals surface area contributed by atoms with Gasteiger partial charge in [0.2, 0.25) is 21.8 Å². The first-order valence-corrected chi connectivity index (χ1v) is 15.6. The molecule has 1 aromatic carbocycles. The monoisotopic (exact) mass is 544 g/mol. The fourth-order valence-electron chi connectivity index (χ4n) is 5.73. The summed E-state index contributed by atoms with van der Waals surface area (Å²) in [6, 6.07) is 8.18. The number of nitrogens with one attached hydrogen (secondary N) is 1. The fourth-order valence-corrected chi connectivity index (χ4v) is 7.90. The Balaban J connectivity index is 1.22. The van der Waals surface area contributed by atoms with Crippen molar-refractivity contribution in [3.8, 4) is 10.4 Å². The van der Waals surface area contributed by atoms with Gasteiger partial charge in [0.15, 0.2) is 0 Å². The van der Waals surface area contributed by atoms with E-state index in [4.69, 9.17) is 0 Å². The molecule has 200 valence electrons. The number of hydrogen-bond acceptors (Lipinski definition) is 6. The number of hydrogen-bond donors (Lipinski definition) is 1. The van der Waals surface area contributed by atoms with Gasteiger partial charge in [0, 0.05) is 30.6 Å². The normalized spacial score (nSPS) is 23.2. The molecule has 10 heteroatoms. The minimum absolute atomic E-state index is 0.0147. The molecule has 1 aromatic heterocycles. The number of rotatable bonds is 8. The summed E-state index contributed by atoms with van der Waals surface area (Å²) in [5, 5.41) is 2.03. The van der Waals surface area contributed by atoms with E-state index in [2.05, 4.69) is 9.62 Å². The molecule has 4 heterocycles. The van der Waals surface area contributed by atoms with Gasteiger partial charge in [-0.15, -0.1) is 11.3 Å². The van der Waals surface area contributed by atoms with Crippen molar-refractivity contribution in [2.45, 2.75) is 62.4 Å². The summed E-state index contributed by atoms with van der Waals surface area (Å²) >= 11 is 1.57. The molecule has 0 bridgehead atoms. The number of piperidine rings is 1. The summed E-state index contributed by atoms with van der Waals surface area (Å²) in [4.78, 5) is 33.5. The molecule has 3 aliphatic rings. The van der Waals surface area contributed by atoms with Crippen LogP contribution >= 0.6 is 11.3 Å². The standard InChI is InChI=1S/C27H36N4O4S2/c1-20-15-25(36-19-20)21-7-4-9-23(16-21)37(34,35)28-24-10-6-13-30(27(24)33)18-26(32)31-14-5-8-22(31)17-29-11-2-3-12-29/h4,7,9,15-16,19,22,24,28H,2-3,5-6,8,10-14,17-18H2,1H3. The summed E-state index contributed by atoms with van der Waals surface area (Å²) < 4.78 is 29.1. The lowest BCUT2D eigenvalue weighted by Crippen LogP contribution is -2.55. The molecule has 0 radical (unpaired) electrons. The highest BCUT2D eigenvalue weighted by atomic mass is 32.2. The minimum atomic E-state index is -3.90. The Hall–Kier alpha value is -2.27. The summed E-state index contributed by atoms with van der Waals surface area (Å²) in [6.45, 7) is 6.33. The zero-order chi connectivity index (χ0) is 26.0. The molecule has 2 aromatic rings. The lowest BCUT2D eigenvalue weighted by Gasteiger charge is -2.34. The highest BCUT2D eigenvalue weighted by Crippen LogP contribution is 2.29. The van der Waals surface area contributed by atoms with E-state index < -0.39 is 16.1 Å². The van der Waals surface area contributed by atoms with Gasteiger partial charge in [0.1, 0.15) is 6.04 Å². The van der Waals surface area contributed by atoms with Crippen LogP contribution in [0.15, 0.2) is 40.6 Å². The second kappa shape index (κ2) is 11.2. The van der Waals surface area contributed by atoms with E-state index in [1.165, 1.54) is 17.7 Å². The van der Waals surface area contributed by atoms with Crippen LogP contribution in [0.3, 0.4) is 0 Å². The van der Waals surface area contributed by atoms with Crippen molar-refractivity contribution in [1.82, 2.24) is 19.4 Å². The van der Waals surface area contributed by atoms with Gasteiger partial charge in [-0.2, -0.15) is 4.72 Å². The molecule has 5 rings (SSSR count). The van der Waals surface area contributed by atoms with Crippen LogP contribution in [0, 0.1) is 6.92 Å². The molecule has 37 heavy (non-hydrogen) atoms. The maximum absolute atomic E-state index is 13.3. The smallest absolute Gasteiger partial charge is 0.242 e. The van der Waals surface area contributed by atoms with Gasteiger partial charge in [-0.1, -0.05) is 12.1 Å². The van der Waals surface area contributed by atoms with E-state index in [1.807, 2.05) is 29.3 Å². The van der Waals surface area contributed by atoms with Gasteiger partial charge in [-0.25, -0.2) is 8.42 Å². The van der Waals surface area contributed by atoms with Gasteiger partial charge in [-0.3, -0.25) is 9.59 Å². The van der Waals surface area contributed by atoms with Crippen molar-refractivity contribution in [2.75, 3.05) is 39.3 Å². The Morgan fingerprint density at radius 2 is 1.84 bits per heavy atom. The molecule has 1 N–H and O–H groups in total. The number of likely N-dealkylation sites (tertiary alicyclic amines) is 3. The first-order valence-electron chi connectivity index (χ1n) is 13.3. The zero-order valence-electron chi connectivity index (χ0n) is 21.4. The number of carbonyl (C=O) groups excluding carboxylic acids is 2. The Labute approximate surface area is 223 Å². The van der Waals surface area contributed by atoms with Crippen molar-refractivity contribution in [3.05, 3.63) is 41.3 Å². The van der Waals surface area contributed by atoms with Crippen LogP contribution in [0.1, 0.15) is 44.1 Å². The summed E-state index contributed by atoms with van der Waals surface area (Å²) in [5.41, 5.74) is 1.96. The van der Waals surface area contributed by atoms with Crippen LogP contribution in [0.25, 0.3) is 10.4 Å². The lowest BCUT2D eigenvalue weighted by molar-refractivity contribution is -0.143. The Kier molecular flexibility index (Phi) is 7.99. The Morgan fingerprint density at radius 3 is 2.59 bits per heavy atom. The number of sulfonamides is 1. The van der Waals surface area contributed by atoms with Crippen LogP contribution in [0.4, 0.5) is 0 Å². The SMILES string of the molecule is Cc1csc(-c2cccc(S(=O)(=O)NC3CCCN(CC(=O)N4CCCC4CN4CCCC4)C3=O)c2)c1. The van der Waals surface area contributed by atoms with Crippen LogP contribution in [0.5, 0.6) is 0 Å². The maximum atomic E-state index is 13.3. The third kappa shape index (κ3) is 6.08. The van der Waals surface area contributed by atoms with Gasteiger partial charge >= 0.3 is 0 Å². The predicted octanol–water partition coefficient (Wildman–Crippen LogP) is 3.08. The van der Waals surface area contributed by atoms with E-state index in [0.717, 1.165) is 55.0 Å². The average molecular weight is 545 g/mol. The van der Waals surface area contributed by atoms with E-state index in [9.17, 15) is 18.0 Å². The largest absolute Gasteiger partial charge is 0.337 e. The molecule has 0 aliphatic carbocycles. The third-order valence-corrected chi connectivity index (χ3v) is 10.2. The third-order valence-electron chi connectivity index (χ3n) is 7.68. The molecule has 2 unspecified atom stereocenters. The van der Waals surface area contributed by atoms with Crippen LogP contribution in [0.2, 0.25) is 0 Å². The number of benzene rings is 1. The van der Waals surface area contributed by atoms with Crippen molar-refractivity contribution in [2.24, 2.45) is 0 Å². The highest BCUT2D eigenvalue weighted by Gasteiger charge is 2.36. The van der Waals surface area contributed by atoms with Crippen LogP contribution in [-0.4, -0.2) is 86.3 Å². The number of thiophene rings is 1. The van der Waals surface area contributed by atoms with Crippen molar-refractivity contribution in [3.63, 3.8) is 0 Å². The molecular weight excluding hydrogens is 508 g/mol. The molecular formula is C27H36N4O4S2. The zero-order valence-corrected chi connectivity index (χ0v) is 23.0. The highest BCUT2D eigenvalue weighted by molar-refractivity contribution is 7.89. The summed E-state index contributed by atoms with van der Waals surface area (Å²) in [5.74, 6) is -0.346. The first-order chi connectivity index (χ1) is 17.8. The molecule has 3 aliphatic heterocycles. The van der Waals surface area contributed by atoms with Gasteiger partial charge in [0.25, 0.3) is 0 Å². The average Bonchev–Trinajstić information content (AvgIpc) is 3.65. The van der Waals surface area contributed by atoms with Crippen LogP contribution < -0.4 is 4.72 Å². The van der Waals surface area contributed by atoms with E-state index >= 15 is 0 Å². The molecule has 3 saturated heterocycles. The quantitative estimate of drug-likeness (QED) is 0.552. The topological polar surface area (TPSA) is 90.0 Å². The minimum Gasteiger partial charge on any atom is -0.337 e. The van der Waals surface area contributed by atoms with Gasteiger partial charge in [-0.05, 0) is 93.2 Å². The van der Waals surface area contributed by atoms with E-state index in [-0.39, 0.29) is 29.3 Å².